The van der Waals surface area contributed by atoms with Gasteiger partial charge < -0.3 is 5.32 Å². The normalized spacial score (nSPS) is 28.1. The van der Waals surface area contributed by atoms with Crippen LogP contribution in [0.5, 0.6) is 0 Å². The molecule has 0 aromatic carbocycles. The van der Waals surface area contributed by atoms with E-state index in [2.05, 4.69) is 19.2 Å². The molecule has 1 N–H and O–H groups in total. The van der Waals surface area contributed by atoms with E-state index in [0.717, 1.165) is 38.8 Å². The highest BCUT2D eigenvalue weighted by atomic mass is 19.4. The van der Waals surface area contributed by atoms with E-state index in [-0.39, 0.29) is 5.41 Å². The van der Waals surface area contributed by atoms with Crippen molar-refractivity contribution in [2.45, 2.75) is 52.1 Å². The largest absolute Gasteiger partial charge is 0.401 e. The van der Waals surface area contributed by atoms with Crippen LogP contribution in [0.3, 0.4) is 0 Å². The third-order valence-electron chi connectivity index (χ3n) is 4.17. The van der Waals surface area contributed by atoms with Crippen LogP contribution in [-0.4, -0.2) is 44.3 Å². The molecular formula is C15H29F3N2. The summed E-state index contributed by atoms with van der Waals surface area (Å²) in [5.41, 5.74) is 0.00678. The molecule has 0 amide bonds. The van der Waals surface area contributed by atoms with Crippen molar-refractivity contribution in [3.8, 4) is 0 Å². The van der Waals surface area contributed by atoms with Gasteiger partial charge in [-0.15, -0.1) is 0 Å². The third kappa shape index (κ3) is 6.44. The summed E-state index contributed by atoms with van der Waals surface area (Å²) in [5, 5.41) is 3.43. The molecule has 1 fully saturated rings. The number of nitrogens with zero attached hydrogens (tertiary/aromatic N) is 1. The first-order valence-corrected chi connectivity index (χ1v) is 7.72. The Morgan fingerprint density at radius 1 is 1.35 bits per heavy atom. The standard InChI is InChI=1S/C15H29F3N2/c1-4-8-19-10-14(7-5-6-13(2)9-14)11-20(3)12-15(16,17)18/h13,19H,4-12H2,1-3H3. The summed E-state index contributed by atoms with van der Waals surface area (Å²) in [6.07, 6.45) is 1.37. The average Bonchev–Trinajstić information content (AvgIpc) is 2.26. The zero-order valence-corrected chi connectivity index (χ0v) is 13.0. The predicted molar refractivity (Wildman–Crippen MR) is 76.8 cm³/mol. The van der Waals surface area contributed by atoms with Crippen LogP contribution in [0.2, 0.25) is 0 Å². The summed E-state index contributed by atoms with van der Waals surface area (Å²) in [7, 11) is 1.59. The first-order valence-electron chi connectivity index (χ1n) is 7.72. The van der Waals surface area contributed by atoms with Crippen LogP contribution in [0, 0.1) is 11.3 Å². The van der Waals surface area contributed by atoms with E-state index in [1.165, 1.54) is 11.3 Å². The van der Waals surface area contributed by atoms with Gasteiger partial charge in [0.1, 0.15) is 0 Å². The van der Waals surface area contributed by atoms with Crippen LogP contribution >= 0.6 is 0 Å². The fraction of sp³-hybridized carbons (Fsp3) is 1.00. The Bertz CT molecular complexity index is 281. The van der Waals surface area contributed by atoms with E-state index >= 15 is 0 Å². The topological polar surface area (TPSA) is 15.3 Å². The van der Waals surface area contributed by atoms with Crippen LogP contribution in [0.15, 0.2) is 0 Å². The molecule has 1 saturated carbocycles. The summed E-state index contributed by atoms with van der Waals surface area (Å²) in [4.78, 5) is 1.45. The SMILES string of the molecule is CCCNCC1(CN(C)CC(F)(F)F)CCCC(C)C1. The molecule has 5 heteroatoms. The van der Waals surface area contributed by atoms with Gasteiger partial charge in [0.25, 0.3) is 0 Å². The van der Waals surface area contributed by atoms with Gasteiger partial charge in [0.05, 0.1) is 6.54 Å². The molecule has 1 aliphatic rings. The Morgan fingerprint density at radius 2 is 2.05 bits per heavy atom. The van der Waals surface area contributed by atoms with Crippen molar-refractivity contribution < 1.29 is 13.2 Å². The molecule has 0 saturated heterocycles. The lowest BCUT2D eigenvalue weighted by molar-refractivity contribution is -0.146. The molecule has 0 aliphatic heterocycles. The highest BCUT2D eigenvalue weighted by molar-refractivity contribution is 4.89. The first-order chi connectivity index (χ1) is 9.26. The van der Waals surface area contributed by atoms with E-state index in [9.17, 15) is 13.2 Å². The van der Waals surface area contributed by atoms with Gasteiger partial charge in [-0.2, -0.15) is 13.2 Å². The minimum absolute atomic E-state index is 0.00678. The van der Waals surface area contributed by atoms with Gasteiger partial charge in [-0.3, -0.25) is 4.90 Å². The van der Waals surface area contributed by atoms with Crippen molar-refractivity contribution >= 4 is 0 Å². The van der Waals surface area contributed by atoms with Gasteiger partial charge in [-0.1, -0.05) is 26.7 Å². The maximum Gasteiger partial charge on any atom is 0.401 e. The summed E-state index contributed by atoms with van der Waals surface area (Å²) in [6, 6.07) is 0. The zero-order valence-electron chi connectivity index (χ0n) is 13.0. The van der Waals surface area contributed by atoms with E-state index in [1.807, 2.05) is 0 Å². The molecule has 0 aromatic rings. The van der Waals surface area contributed by atoms with E-state index in [1.54, 1.807) is 7.05 Å². The number of nitrogens with one attached hydrogen (secondary N) is 1. The lowest BCUT2D eigenvalue weighted by Crippen LogP contribution is -2.47. The second-order valence-electron chi connectivity index (χ2n) is 6.67. The molecule has 120 valence electrons. The number of hydrogen-bond acceptors (Lipinski definition) is 2. The van der Waals surface area contributed by atoms with Crippen LogP contribution < -0.4 is 5.32 Å². The summed E-state index contributed by atoms with van der Waals surface area (Å²) in [5.74, 6) is 0.617. The van der Waals surface area contributed by atoms with Gasteiger partial charge in [0.15, 0.2) is 0 Å². The van der Waals surface area contributed by atoms with Crippen molar-refractivity contribution in [1.82, 2.24) is 10.2 Å². The third-order valence-corrected chi connectivity index (χ3v) is 4.17. The number of rotatable bonds is 7. The molecule has 0 radical (unpaired) electrons. The second-order valence-corrected chi connectivity index (χ2v) is 6.67. The molecule has 0 aromatic heterocycles. The van der Waals surface area contributed by atoms with Gasteiger partial charge in [0.2, 0.25) is 0 Å². The molecule has 1 rings (SSSR count). The van der Waals surface area contributed by atoms with Gasteiger partial charge in [-0.25, -0.2) is 0 Å². The molecule has 1 aliphatic carbocycles. The highest BCUT2D eigenvalue weighted by Gasteiger charge is 2.38. The highest BCUT2D eigenvalue weighted by Crippen LogP contribution is 2.39. The predicted octanol–water partition coefficient (Wildman–Crippen LogP) is 3.68. The maximum absolute atomic E-state index is 12.5. The van der Waals surface area contributed by atoms with Crippen LogP contribution in [-0.2, 0) is 0 Å². The number of halogens is 3. The fourth-order valence-corrected chi connectivity index (χ4v) is 3.59. The molecule has 2 unspecified atom stereocenters. The van der Waals surface area contributed by atoms with Crippen molar-refractivity contribution in [3.05, 3.63) is 0 Å². The Balaban J connectivity index is 2.61. The molecule has 2 nitrogen and oxygen atoms in total. The van der Waals surface area contributed by atoms with E-state index in [0.29, 0.717) is 12.5 Å². The van der Waals surface area contributed by atoms with Gasteiger partial charge in [0, 0.05) is 13.1 Å². The maximum atomic E-state index is 12.5. The molecular weight excluding hydrogens is 265 g/mol. The number of hydrogen-bond donors (Lipinski definition) is 1. The second kappa shape index (κ2) is 7.64. The lowest BCUT2D eigenvalue weighted by atomic mass is 9.69. The monoisotopic (exact) mass is 294 g/mol. The smallest absolute Gasteiger partial charge is 0.316 e. The summed E-state index contributed by atoms with van der Waals surface area (Å²) in [6.45, 7) is 5.84. The Kier molecular flexibility index (Phi) is 6.79. The van der Waals surface area contributed by atoms with E-state index in [4.69, 9.17) is 0 Å². The number of alkyl halides is 3. The molecule has 2 atom stereocenters. The summed E-state index contributed by atoms with van der Waals surface area (Å²) >= 11 is 0. The fourth-order valence-electron chi connectivity index (χ4n) is 3.59. The minimum Gasteiger partial charge on any atom is -0.316 e. The Hall–Kier alpha value is -0.290. The van der Waals surface area contributed by atoms with E-state index < -0.39 is 12.7 Å². The molecule has 0 spiro atoms. The Morgan fingerprint density at radius 3 is 2.60 bits per heavy atom. The minimum atomic E-state index is -4.10. The first kappa shape index (κ1) is 17.8. The zero-order chi connectivity index (χ0) is 15.2. The molecule has 0 heterocycles. The average molecular weight is 294 g/mol. The Labute approximate surface area is 121 Å². The van der Waals surface area contributed by atoms with Crippen LogP contribution in [0.4, 0.5) is 13.2 Å². The molecule has 20 heavy (non-hydrogen) atoms. The van der Waals surface area contributed by atoms with Crippen LogP contribution in [0.1, 0.15) is 46.0 Å². The quantitative estimate of drug-likeness (QED) is 0.721. The van der Waals surface area contributed by atoms with Crippen molar-refractivity contribution in [3.63, 3.8) is 0 Å². The van der Waals surface area contributed by atoms with Gasteiger partial charge in [-0.05, 0) is 44.2 Å². The summed E-state index contributed by atoms with van der Waals surface area (Å²) < 4.78 is 37.5. The van der Waals surface area contributed by atoms with Gasteiger partial charge >= 0.3 is 6.18 Å². The van der Waals surface area contributed by atoms with Crippen molar-refractivity contribution in [2.75, 3.05) is 33.2 Å². The van der Waals surface area contributed by atoms with Crippen LogP contribution in [0.25, 0.3) is 0 Å². The lowest BCUT2D eigenvalue weighted by Gasteiger charge is -2.43. The molecule has 0 bridgehead atoms. The van der Waals surface area contributed by atoms with Crippen molar-refractivity contribution in [2.24, 2.45) is 11.3 Å². The van der Waals surface area contributed by atoms with Crippen molar-refractivity contribution in [1.29, 1.82) is 0 Å².